The number of benzene rings is 1. The SMILES string of the molecule is CC1CCCC(CN)N1C(=O)c1cc(Cl)ccc1F. The summed E-state index contributed by atoms with van der Waals surface area (Å²) in [5.41, 5.74) is 5.75. The molecule has 2 atom stereocenters. The molecule has 0 saturated carbocycles. The highest BCUT2D eigenvalue weighted by molar-refractivity contribution is 6.31. The zero-order valence-electron chi connectivity index (χ0n) is 10.9. The van der Waals surface area contributed by atoms with E-state index in [0.29, 0.717) is 11.6 Å². The smallest absolute Gasteiger partial charge is 0.257 e. The van der Waals surface area contributed by atoms with Crippen molar-refractivity contribution >= 4 is 17.5 Å². The zero-order chi connectivity index (χ0) is 14.0. The van der Waals surface area contributed by atoms with Gasteiger partial charge in [-0.1, -0.05) is 11.6 Å². The van der Waals surface area contributed by atoms with E-state index in [-0.39, 0.29) is 23.6 Å². The van der Waals surface area contributed by atoms with Gasteiger partial charge in [-0.15, -0.1) is 0 Å². The maximum absolute atomic E-state index is 13.8. The van der Waals surface area contributed by atoms with E-state index in [9.17, 15) is 9.18 Å². The van der Waals surface area contributed by atoms with Gasteiger partial charge in [-0.2, -0.15) is 0 Å². The largest absolute Gasteiger partial charge is 0.332 e. The lowest BCUT2D eigenvalue weighted by Crippen LogP contribution is -2.52. The quantitative estimate of drug-likeness (QED) is 0.908. The van der Waals surface area contributed by atoms with Crippen molar-refractivity contribution in [2.24, 2.45) is 5.73 Å². The Morgan fingerprint density at radius 3 is 2.95 bits per heavy atom. The average molecular weight is 285 g/mol. The Hall–Kier alpha value is -1.13. The molecular weight excluding hydrogens is 267 g/mol. The van der Waals surface area contributed by atoms with E-state index in [1.54, 1.807) is 4.90 Å². The minimum atomic E-state index is -0.539. The third-order valence-corrected chi connectivity index (χ3v) is 3.93. The molecule has 0 aromatic heterocycles. The topological polar surface area (TPSA) is 46.3 Å². The molecule has 2 unspecified atom stereocenters. The second kappa shape index (κ2) is 5.88. The van der Waals surface area contributed by atoms with Crippen LogP contribution in [-0.4, -0.2) is 29.4 Å². The summed E-state index contributed by atoms with van der Waals surface area (Å²) in [7, 11) is 0. The summed E-state index contributed by atoms with van der Waals surface area (Å²) in [5, 5.41) is 0.360. The molecule has 2 N–H and O–H groups in total. The van der Waals surface area contributed by atoms with E-state index < -0.39 is 5.82 Å². The van der Waals surface area contributed by atoms with Gasteiger partial charge in [0.2, 0.25) is 0 Å². The number of nitrogens with two attached hydrogens (primary N) is 1. The van der Waals surface area contributed by atoms with Crippen LogP contribution in [0.25, 0.3) is 0 Å². The first-order valence-electron chi connectivity index (χ1n) is 6.52. The molecule has 1 aromatic rings. The Labute approximate surface area is 117 Å². The van der Waals surface area contributed by atoms with Gasteiger partial charge in [0.15, 0.2) is 0 Å². The van der Waals surface area contributed by atoms with Crippen LogP contribution in [0.5, 0.6) is 0 Å². The summed E-state index contributed by atoms with van der Waals surface area (Å²) in [5.74, 6) is -0.856. The van der Waals surface area contributed by atoms with Crippen molar-refractivity contribution < 1.29 is 9.18 Å². The summed E-state index contributed by atoms with van der Waals surface area (Å²) in [4.78, 5) is 14.2. The van der Waals surface area contributed by atoms with E-state index in [2.05, 4.69) is 0 Å². The molecule has 1 amide bonds. The molecule has 1 fully saturated rings. The van der Waals surface area contributed by atoms with Gasteiger partial charge in [-0.05, 0) is 44.4 Å². The van der Waals surface area contributed by atoms with Crippen LogP contribution in [0.4, 0.5) is 4.39 Å². The van der Waals surface area contributed by atoms with Crippen LogP contribution < -0.4 is 5.73 Å². The maximum atomic E-state index is 13.8. The van der Waals surface area contributed by atoms with Gasteiger partial charge in [0.1, 0.15) is 5.82 Å². The van der Waals surface area contributed by atoms with Gasteiger partial charge in [-0.25, -0.2) is 4.39 Å². The molecule has 1 aliphatic heterocycles. The first-order chi connectivity index (χ1) is 9.04. The molecule has 2 rings (SSSR count). The highest BCUT2D eigenvalue weighted by Gasteiger charge is 2.32. The number of hydrogen-bond acceptors (Lipinski definition) is 2. The van der Waals surface area contributed by atoms with Crippen molar-refractivity contribution in [3.05, 3.63) is 34.6 Å². The minimum Gasteiger partial charge on any atom is -0.332 e. The second-order valence-electron chi connectivity index (χ2n) is 5.01. The Morgan fingerprint density at radius 1 is 1.53 bits per heavy atom. The number of carbonyl (C=O) groups excluding carboxylic acids is 1. The zero-order valence-corrected chi connectivity index (χ0v) is 11.7. The molecule has 0 spiro atoms. The average Bonchev–Trinajstić information content (AvgIpc) is 2.40. The second-order valence-corrected chi connectivity index (χ2v) is 5.44. The standard InChI is InChI=1S/C14H18ClFN2O/c1-9-3-2-4-11(8-17)18(9)14(19)12-7-10(15)5-6-13(12)16/h5-7,9,11H,2-4,8,17H2,1H3. The monoisotopic (exact) mass is 284 g/mol. The van der Waals surface area contributed by atoms with Gasteiger partial charge in [0.05, 0.1) is 5.56 Å². The van der Waals surface area contributed by atoms with Crippen LogP contribution in [0.1, 0.15) is 36.5 Å². The Kier molecular flexibility index (Phi) is 4.42. The van der Waals surface area contributed by atoms with Crippen LogP contribution in [0.15, 0.2) is 18.2 Å². The number of amides is 1. The number of hydrogen-bond donors (Lipinski definition) is 1. The molecule has 1 heterocycles. The molecule has 0 aliphatic carbocycles. The molecule has 19 heavy (non-hydrogen) atoms. The van der Waals surface area contributed by atoms with Crippen molar-refractivity contribution in [2.45, 2.75) is 38.3 Å². The number of likely N-dealkylation sites (tertiary alicyclic amines) is 1. The lowest BCUT2D eigenvalue weighted by Gasteiger charge is -2.40. The fraction of sp³-hybridized carbons (Fsp3) is 0.500. The van der Waals surface area contributed by atoms with Gasteiger partial charge >= 0.3 is 0 Å². The molecule has 5 heteroatoms. The van der Waals surface area contributed by atoms with E-state index in [4.69, 9.17) is 17.3 Å². The van der Waals surface area contributed by atoms with Crippen molar-refractivity contribution in [1.82, 2.24) is 4.90 Å². The Morgan fingerprint density at radius 2 is 2.26 bits per heavy atom. The molecular formula is C14H18ClFN2O. The molecule has 1 aromatic carbocycles. The molecule has 1 aliphatic rings. The first-order valence-corrected chi connectivity index (χ1v) is 6.90. The fourth-order valence-corrected chi connectivity index (χ4v) is 2.86. The lowest BCUT2D eigenvalue weighted by atomic mass is 9.95. The van der Waals surface area contributed by atoms with Gasteiger partial charge in [0, 0.05) is 23.7 Å². The van der Waals surface area contributed by atoms with E-state index in [0.717, 1.165) is 19.3 Å². The normalized spacial score (nSPS) is 23.5. The van der Waals surface area contributed by atoms with Gasteiger partial charge in [0.25, 0.3) is 5.91 Å². The van der Waals surface area contributed by atoms with E-state index >= 15 is 0 Å². The van der Waals surface area contributed by atoms with E-state index in [1.807, 2.05) is 6.92 Å². The van der Waals surface area contributed by atoms with Crippen LogP contribution >= 0.6 is 11.6 Å². The van der Waals surface area contributed by atoms with Crippen molar-refractivity contribution in [2.75, 3.05) is 6.54 Å². The van der Waals surface area contributed by atoms with Crippen molar-refractivity contribution in [1.29, 1.82) is 0 Å². The summed E-state index contributed by atoms with van der Waals surface area (Å²) in [6.45, 7) is 2.38. The number of halogens is 2. The number of carbonyl (C=O) groups is 1. The Balaban J connectivity index is 2.33. The predicted molar refractivity (Wildman–Crippen MR) is 73.7 cm³/mol. The predicted octanol–water partition coefficient (Wildman–Crippen LogP) is 2.82. The fourth-order valence-electron chi connectivity index (χ4n) is 2.68. The van der Waals surface area contributed by atoms with Crippen LogP contribution in [-0.2, 0) is 0 Å². The van der Waals surface area contributed by atoms with Crippen LogP contribution in [0, 0.1) is 5.82 Å². The third-order valence-electron chi connectivity index (χ3n) is 3.69. The molecule has 3 nitrogen and oxygen atoms in total. The minimum absolute atomic E-state index is 0.0189. The summed E-state index contributed by atoms with van der Waals surface area (Å²) >= 11 is 5.84. The van der Waals surface area contributed by atoms with Crippen LogP contribution in [0.2, 0.25) is 5.02 Å². The summed E-state index contributed by atoms with van der Waals surface area (Å²) in [6.07, 6.45) is 2.84. The van der Waals surface area contributed by atoms with Gasteiger partial charge < -0.3 is 10.6 Å². The Bertz CT molecular complexity index is 481. The third kappa shape index (κ3) is 2.90. The molecule has 104 valence electrons. The number of piperidine rings is 1. The van der Waals surface area contributed by atoms with E-state index in [1.165, 1.54) is 18.2 Å². The van der Waals surface area contributed by atoms with Crippen LogP contribution in [0.3, 0.4) is 0 Å². The van der Waals surface area contributed by atoms with Crippen molar-refractivity contribution in [3.8, 4) is 0 Å². The summed E-state index contributed by atoms with van der Waals surface area (Å²) in [6, 6.07) is 4.10. The highest BCUT2D eigenvalue weighted by Crippen LogP contribution is 2.26. The summed E-state index contributed by atoms with van der Waals surface area (Å²) < 4.78 is 13.8. The maximum Gasteiger partial charge on any atom is 0.257 e. The van der Waals surface area contributed by atoms with Crippen molar-refractivity contribution in [3.63, 3.8) is 0 Å². The lowest BCUT2D eigenvalue weighted by molar-refractivity contribution is 0.0489. The van der Waals surface area contributed by atoms with Gasteiger partial charge in [-0.3, -0.25) is 4.79 Å². The number of nitrogens with zero attached hydrogens (tertiary/aromatic N) is 1. The number of rotatable bonds is 2. The molecule has 0 radical (unpaired) electrons. The molecule has 0 bridgehead atoms. The molecule has 1 saturated heterocycles. The first kappa shape index (κ1) is 14.3. The highest BCUT2D eigenvalue weighted by atomic mass is 35.5.